The van der Waals surface area contributed by atoms with Crippen molar-refractivity contribution in [2.24, 2.45) is 0 Å². The summed E-state index contributed by atoms with van der Waals surface area (Å²) in [7, 11) is 1.61. The summed E-state index contributed by atoms with van der Waals surface area (Å²) >= 11 is 6.87. The minimum Gasteiger partial charge on any atom is -0.495 e. The monoisotopic (exact) mass is 372 g/mol. The standard InChI is InChI=1S/C11H10Br2N4O/c1-18-10-3-9(6(12)2-7(10)13)17-11-8(14)4-15-5-16-11/h2-5H,14H2,1H3,(H,15,16,17). The molecule has 0 radical (unpaired) electrons. The van der Waals surface area contributed by atoms with Gasteiger partial charge < -0.3 is 15.8 Å². The van der Waals surface area contributed by atoms with Crippen molar-refractivity contribution in [2.45, 2.75) is 0 Å². The predicted octanol–water partition coefficient (Wildman–Crippen LogP) is 3.34. The third kappa shape index (κ3) is 2.73. The highest BCUT2D eigenvalue weighted by atomic mass is 79.9. The molecule has 0 amide bonds. The molecule has 1 aromatic heterocycles. The van der Waals surface area contributed by atoms with Crippen LogP contribution in [-0.4, -0.2) is 17.1 Å². The zero-order valence-electron chi connectivity index (χ0n) is 9.45. The summed E-state index contributed by atoms with van der Waals surface area (Å²) in [6.07, 6.45) is 2.97. The number of methoxy groups -OCH3 is 1. The van der Waals surface area contributed by atoms with Gasteiger partial charge in [0.15, 0.2) is 5.82 Å². The van der Waals surface area contributed by atoms with Crippen LogP contribution in [0.4, 0.5) is 17.2 Å². The molecule has 0 fully saturated rings. The van der Waals surface area contributed by atoms with Gasteiger partial charge in [-0.25, -0.2) is 9.97 Å². The quantitative estimate of drug-likeness (QED) is 0.863. The van der Waals surface area contributed by atoms with Gasteiger partial charge in [0, 0.05) is 10.5 Å². The van der Waals surface area contributed by atoms with Gasteiger partial charge in [0.1, 0.15) is 12.1 Å². The number of nitrogens with one attached hydrogen (secondary N) is 1. The third-order valence-electron chi connectivity index (χ3n) is 2.24. The van der Waals surface area contributed by atoms with E-state index < -0.39 is 0 Å². The Kier molecular flexibility index (Phi) is 4.03. The maximum atomic E-state index is 5.78. The molecule has 2 rings (SSSR count). The lowest BCUT2D eigenvalue weighted by molar-refractivity contribution is 0.412. The lowest BCUT2D eigenvalue weighted by Gasteiger charge is -2.12. The first-order valence-electron chi connectivity index (χ1n) is 4.97. The minimum atomic E-state index is 0.478. The highest BCUT2D eigenvalue weighted by molar-refractivity contribution is 9.11. The number of ether oxygens (including phenoxy) is 1. The number of hydrogen-bond donors (Lipinski definition) is 2. The van der Waals surface area contributed by atoms with Gasteiger partial charge in [-0.05, 0) is 37.9 Å². The zero-order valence-corrected chi connectivity index (χ0v) is 12.6. The molecule has 0 spiro atoms. The van der Waals surface area contributed by atoms with Gasteiger partial charge >= 0.3 is 0 Å². The van der Waals surface area contributed by atoms with E-state index in [-0.39, 0.29) is 0 Å². The van der Waals surface area contributed by atoms with Gasteiger partial charge in [0.2, 0.25) is 0 Å². The number of hydrogen-bond acceptors (Lipinski definition) is 5. The van der Waals surface area contributed by atoms with Crippen molar-refractivity contribution in [3.05, 3.63) is 33.6 Å². The number of aromatic nitrogens is 2. The van der Waals surface area contributed by atoms with E-state index in [9.17, 15) is 0 Å². The van der Waals surface area contributed by atoms with Gasteiger partial charge in [-0.1, -0.05) is 0 Å². The smallest absolute Gasteiger partial charge is 0.157 e. The Balaban J connectivity index is 2.38. The van der Waals surface area contributed by atoms with Crippen LogP contribution in [0.5, 0.6) is 5.75 Å². The molecular weight excluding hydrogens is 364 g/mol. The van der Waals surface area contributed by atoms with Crippen LogP contribution < -0.4 is 15.8 Å². The molecule has 0 atom stereocenters. The maximum Gasteiger partial charge on any atom is 0.157 e. The fourth-order valence-electron chi connectivity index (χ4n) is 1.35. The van der Waals surface area contributed by atoms with Crippen LogP contribution in [-0.2, 0) is 0 Å². The number of nitrogen functional groups attached to an aromatic ring is 1. The summed E-state index contributed by atoms with van der Waals surface area (Å²) in [5.74, 6) is 1.27. The molecule has 5 nitrogen and oxygen atoms in total. The third-order valence-corrected chi connectivity index (χ3v) is 3.51. The predicted molar refractivity (Wildman–Crippen MR) is 78.1 cm³/mol. The first kappa shape index (κ1) is 13.1. The summed E-state index contributed by atoms with van der Waals surface area (Å²) in [5.41, 5.74) is 7.06. The topological polar surface area (TPSA) is 73.1 Å². The Morgan fingerprint density at radius 3 is 2.72 bits per heavy atom. The second-order valence-corrected chi connectivity index (χ2v) is 5.13. The van der Waals surface area contributed by atoms with Crippen molar-refractivity contribution in [1.29, 1.82) is 0 Å². The maximum absolute atomic E-state index is 5.78. The number of rotatable bonds is 3. The summed E-state index contributed by atoms with van der Waals surface area (Å²) in [6.45, 7) is 0. The zero-order chi connectivity index (χ0) is 13.1. The lowest BCUT2D eigenvalue weighted by Crippen LogP contribution is -2.00. The molecule has 0 saturated carbocycles. The van der Waals surface area contributed by atoms with Crippen LogP contribution in [0.15, 0.2) is 33.6 Å². The Bertz CT molecular complexity index is 577. The molecule has 18 heavy (non-hydrogen) atoms. The Morgan fingerprint density at radius 2 is 2.06 bits per heavy atom. The molecule has 2 aromatic rings. The van der Waals surface area contributed by atoms with Crippen LogP contribution in [0, 0.1) is 0 Å². The molecule has 0 aliphatic carbocycles. The van der Waals surface area contributed by atoms with Crippen molar-refractivity contribution >= 4 is 49.1 Å². The highest BCUT2D eigenvalue weighted by Gasteiger charge is 2.09. The molecular formula is C11H10Br2N4O. The molecule has 0 bridgehead atoms. The first-order valence-corrected chi connectivity index (χ1v) is 6.56. The highest BCUT2D eigenvalue weighted by Crippen LogP contribution is 2.36. The summed E-state index contributed by atoms with van der Waals surface area (Å²) < 4.78 is 6.96. The molecule has 0 saturated heterocycles. The van der Waals surface area contributed by atoms with Crippen molar-refractivity contribution in [3.63, 3.8) is 0 Å². The number of anilines is 3. The van der Waals surface area contributed by atoms with Crippen molar-refractivity contribution in [3.8, 4) is 5.75 Å². The number of nitrogens with zero attached hydrogens (tertiary/aromatic N) is 2. The molecule has 94 valence electrons. The summed E-state index contributed by atoms with van der Waals surface area (Å²) in [6, 6.07) is 3.73. The number of halogens is 2. The second-order valence-electron chi connectivity index (χ2n) is 3.42. The van der Waals surface area contributed by atoms with E-state index in [1.165, 1.54) is 6.33 Å². The molecule has 0 aliphatic heterocycles. The van der Waals surface area contributed by atoms with E-state index in [2.05, 4.69) is 47.1 Å². The fraction of sp³-hybridized carbons (Fsp3) is 0.0909. The van der Waals surface area contributed by atoms with Crippen LogP contribution in [0.1, 0.15) is 0 Å². The molecule has 1 heterocycles. The van der Waals surface area contributed by atoms with Crippen LogP contribution >= 0.6 is 31.9 Å². The molecule has 3 N–H and O–H groups in total. The van der Waals surface area contributed by atoms with Crippen LogP contribution in [0.25, 0.3) is 0 Å². The summed E-state index contributed by atoms with van der Waals surface area (Å²) in [4.78, 5) is 7.91. The molecule has 7 heteroatoms. The normalized spacial score (nSPS) is 10.2. The molecule has 0 aliphatic rings. The van der Waals surface area contributed by atoms with E-state index in [0.717, 1.165) is 14.6 Å². The van der Waals surface area contributed by atoms with Gasteiger partial charge in [-0.15, -0.1) is 0 Å². The van der Waals surface area contributed by atoms with Crippen LogP contribution in [0.3, 0.4) is 0 Å². The number of nitrogens with two attached hydrogens (primary N) is 1. The Morgan fingerprint density at radius 1 is 1.28 bits per heavy atom. The van der Waals surface area contributed by atoms with Gasteiger partial charge in [-0.2, -0.15) is 0 Å². The fourth-order valence-corrected chi connectivity index (χ4v) is 2.61. The van der Waals surface area contributed by atoms with E-state index in [4.69, 9.17) is 10.5 Å². The first-order chi connectivity index (χ1) is 8.61. The Labute approximate surface area is 121 Å². The van der Waals surface area contributed by atoms with Gasteiger partial charge in [-0.3, -0.25) is 0 Å². The second kappa shape index (κ2) is 5.53. The molecule has 1 aromatic carbocycles. The largest absolute Gasteiger partial charge is 0.495 e. The van der Waals surface area contributed by atoms with Gasteiger partial charge in [0.25, 0.3) is 0 Å². The van der Waals surface area contributed by atoms with Crippen molar-refractivity contribution in [1.82, 2.24) is 9.97 Å². The minimum absolute atomic E-state index is 0.478. The van der Waals surface area contributed by atoms with Crippen LogP contribution in [0.2, 0.25) is 0 Å². The Hall–Kier alpha value is -1.34. The number of benzene rings is 1. The van der Waals surface area contributed by atoms with Crippen molar-refractivity contribution in [2.75, 3.05) is 18.2 Å². The SMILES string of the molecule is COc1cc(Nc2ncncc2N)c(Br)cc1Br. The van der Waals surface area contributed by atoms with E-state index in [1.807, 2.05) is 12.1 Å². The average Bonchev–Trinajstić information content (AvgIpc) is 2.35. The van der Waals surface area contributed by atoms with E-state index in [1.54, 1.807) is 13.3 Å². The van der Waals surface area contributed by atoms with Crippen molar-refractivity contribution < 1.29 is 4.74 Å². The van der Waals surface area contributed by atoms with Gasteiger partial charge in [0.05, 0.1) is 29.2 Å². The average molecular weight is 374 g/mol. The van der Waals surface area contributed by atoms with E-state index >= 15 is 0 Å². The van der Waals surface area contributed by atoms with E-state index in [0.29, 0.717) is 17.3 Å². The molecule has 0 unspecified atom stereocenters. The summed E-state index contributed by atoms with van der Waals surface area (Å²) in [5, 5.41) is 3.12. The lowest BCUT2D eigenvalue weighted by atomic mass is 10.3.